The van der Waals surface area contributed by atoms with Crippen LogP contribution in [0.2, 0.25) is 0 Å². The zero-order chi connectivity index (χ0) is 24.4. The Morgan fingerprint density at radius 2 is 1.29 bits per heavy atom. The van der Waals surface area contributed by atoms with E-state index in [9.17, 15) is 14.4 Å². The molecule has 8 heteroatoms. The molecule has 0 aromatic heterocycles. The molecule has 2 aromatic rings. The highest BCUT2D eigenvalue weighted by atomic mass is 16.4. The van der Waals surface area contributed by atoms with Crippen LogP contribution in [0.3, 0.4) is 0 Å². The van der Waals surface area contributed by atoms with E-state index in [2.05, 4.69) is 5.32 Å². The third-order valence-electron chi connectivity index (χ3n) is 5.92. The Labute approximate surface area is 203 Å². The Balaban J connectivity index is 0.000000145. The number of ketones is 2. The molecule has 4 aliphatic rings. The molecule has 6 rings (SSSR count). The summed E-state index contributed by atoms with van der Waals surface area (Å²) in [5.74, 6) is 0.0485. The van der Waals surface area contributed by atoms with Crippen LogP contribution in [0.4, 0.5) is 10.5 Å². The number of carbonyl (C=O) groups excluding carboxylic acids is 2. The second-order valence-electron chi connectivity index (χ2n) is 8.68. The number of hydrogen-bond donors (Lipinski definition) is 2. The largest absolute Gasteiger partial charge is 0.465 e. The van der Waals surface area contributed by atoms with Gasteiger partial charge in [0.2, 0.25) is 11.6 Å². The van der Waals surface area contributed by atoms with Crippen LogP contribution < -0.4 is 5.32 Å². The van der Waals surface area contributed by atoms with Crippen molar-refractivity contribution in [2.24, 2.45) is 0 Å². The van der Waals surface area contributed by atoms with Crippen molar-refractivity contribution in [1.29, 1.82) is 0 Å². The summed E-state index contributed by atoms with van der Waals surface area (Å²) < 4.78 is 0. The Hall–Kier alpha value is -4.33. The number of hydrogen-bond acceptors (Lipinski definition) is 6. The summed E-state index contributed by atoms with van der Waals surface area (Å²) in [6.07, 6.45) is 4.47. The molecule has 3 heterocycles. The molecular weight excluding hydrogens is 444 g/mol. The van der Waals surface area contributed by atoms with Gasteiger partial charge in [0.25, 0.3) is 0 Å². The third-order valence-corrected chi connectivity index (χ3v) is 5.92. The van der Waals surface area contributed by atoms with Crippen LogP contribution in [0, 0.1) is 0 Å². The molecule has 0 radical (unpaired) electrons. The molecule has 1 aliphatic carbocycles. The first-order valence-corrected chi connectivity index (χ1v) is 11.6. The fraction of sp³-hybridized carbons (Fsp3) is 0.222. The molecule has 1 amide bonds. The lowest BCUT2D eigenvalue weighted by Gasteiger charge is -2.21. The second kappa shape index (κ2) is 9.50. The average Bonchev–Trinajstić information content (AvgIpc) is 3.71. The zero-order valence-corrected chi connectivity index (χ0v) is 19.2. The van der Waals surface area contributed by atoms with Crippen molar-refractivity contribution in [3.8, 4) is 0 Å². The number of nitrogens with zero attached hydrogens (tertiary/aromatic N) is 3. The maximum Gasteiger partial charge on any atom is 0.409 e. The summed E-state index contributed by atoms with van der Waals surface area (Å²) in [5, 5.41) is 10.9. The van der Waals surface area contributed by atoms with Crippen LogP contribution in [0.15, 0.2) is 77.8 Å². The highest BCUT2D eigenvalue weighted by Gasteiger charge is 2.43. The maximum absolute atomic E-state index is 12.4. The van der Waals surface area contributed by atoms with E-state index in [1.165, 1.54) is 6.08 Å². The van der Waals surface area contributed by atoms with Gasteiger partial charge in [0, 0.05) is 51.0 Å². The fourth-order valence-corrected chi connectivity index (χ4v) is 3.83. The minimum Gasteiger partial charge on any atom is -0.465 e. The lowest BCUT2D eigenvalue weighted by molar-refractivity contribution is -0.117. The number of nitrogens with one attached hydrogen (secondary N) is 1. The molecule has 0 atom stereocenters. The van der Waals surface area contributed by atoms with Gasteiger partial charge in [-0.25, -0.2) is 4.79 Å². The minimum atomic E-state index is -1.05. The van der Waals surface area contributed by atoms with Crippen molar-refractivity contribution in [2.75, 3.05) is 44.6 Å². The van der Waals surface area contributed by atoms with E-state index in [-0.39, 0.29) is 11.6 Å². The summed E-state index contributed by atoms with van der Waals surface area (Å²) in [5.41, 5.74) is 4.61. The van der Waals surface area contributed by atoms with Crippen LogP contribution >= 0.6 is 0 Å². The number of amides is 1. The predicted molar refractivity (Wildman–Crippen MR) is 133 cm³/mol. The van der Waals surface area contributed by atoms with Gasteiger partial charge in [-0.15, -0.1) is 0 Å². The van der Waals surface area contributed by atoms with E-state index in [0.29, 0.717) is 22.8 Å². The molecule has 2 N–H and O–H groups in total. The van der Waals surface area contributed by atoms with Crippen molar-refractivity contribution in [1.82, 2.24) is 14.7 Å². The van der Waals surface area contributed by atoms with Gasteiger partial charge in [0.05, 0.1) is 5.70 Å². The summed E-state index contributed by atoms with van der Waals surface area (Å²) >= 11 is 0. The van der Waals surface area contributed by atoms with Crippen molar-refractivity contribution in [3.05, 3.63) is 88.9 Å². The SMILES string of the molecule is O=C(O)Nc1ccc(/C=C/c2ccccc2)cc1.O=C1C=C(N2CC2)C(=O)C(N2CC2)=C1N1CC1. The molecule has 0 unspecified atom stereocenters. The van der Waals surface area contributed by atoms with Crippen LogP contribution in [-0.4, -0.2) is 76.7 Å². The topological polar surface area (TPSA) is 92.5 Å². The number of allylic oxidation sites excluding steroid dienone is 1. The van der Waals surface area contributed by atoms with Crippen molar-refractivity contribution < 1.29 is 19.5 Å². The summed E-state index contributed by atoms with van der Waals surface area (Å²) in [7, 11) is 0. The van der Waals surface area contributed by atoms with Gasteiger partial charge in [0.15, 0.2) is 0 Å². The van der Waals surface area contributed by atoms with Gasteiger partial charge in [0.1, 0.15) is 11.4 Å². The standard InChI is InChI=1S/C15H13NO2.C12H13N3O2/c17-15(18)16-14-10-8-13(9-11-14)7-6-12-4-2-1-3-5-12;16-9-7-8(13-1-2-13)12(17)11(15-5-6-15)10(9)14-3-4-14/h1-11,16H,(H,17,18);7H,1-6H2/b7-6+;. The average molecular weight is 471 g/mol. The Morgan fingerprint density at radius 3 is 1.83 bits per heavy atom. The molecule has 0 spiro atoms. The summed E-state index contributed by atoms with van der Waals surface area (Å²) in [6, 6.07) is 17.2. The number of Topliss-reactive ketones (excluding diaryl/α,β-unsaturated/α-hetero) is 1. The number of benzene rings is 2. The number of carboxylic acid groups (broad SMARTS) is 1. The maximum atomic E-state index is 12.4. The van der Waals surface area contributed by atoms with E-state index < -0.39 is 6.09 Å². The first kappa shape index (κ1) is 22.5. The van der Waals surface area contributed by atoms with E-state index in [1.807, 2.05) is 69.3 Å². The van der Waals surface area contributed by atoms with Crippen LogP contribution in [0.1, 0.15) is 11.1 Å². The second-order valence-corrected chi connectivity index (χ2v) is 8.68. The van der Waals surface area contributed by atoms with Gasteiger partial charge in [-0.05, 0) is 23.3 Å². The lowest BCUT2D eigenvalue weighted by Crippen LogP contribution is -2.29. The first-order chi connectivity index (χ1) is 17.0. The van der Waals surface area contributed by atoms with E-state index in [4.69, 9.17) is 5.11 Å². The van der Waals surface area contributed by atoms with E-state index >= 15 is 0 Å². The van der Waals surface area contributed by atoms with Gasteiger partial charge >= 0.3 is 6.09 Å². The van der Waals surface area contributed by atoms with E-state index in [1.54, 1.807) is 12.1 Å². The van der Waals surface area contributed by atoms with Gasteiger partial charge in [-0.2, -0.15) is 0 Å². The first-order valence-electron chi connectivity index (χ1n) is 11.6. The van der Waals surface area contributed by atoms with Crippen LogP contribution in [-0.2, 0) is 9.59 Å². The van der Waals surface area contributed by atoms with Crippen molar-refractivity contribution in [3.63, 3.8) is 0 Å². The summed E-state index contributed by atoms with van der Waals surface area (Å²) in [6.45, 7) is 5.41. The smallest absolute Gasteiger partial charge is 0.409 e. The molecule has 3 aliphatic heterocycles. The van der Waals surface area contributed by atoms with Crippen molar-refractivity contribution in [2.45, 2.75) is 0 Å². The molecule has 2 aromatic carbocycles. The quantitative estimate of drug-likeness (QED) is 0.381. The molecule has 178 valence electrons. The van der Waals surface area contributed by atoms with Crippen LogP contribution in [0.25, 0.3) is 12.2 Å². The highest BCUT2D eigenvalue weighted by molar-refractivity contribution is 6.22. The zero-order valence-electron chi connectivity index (χ0n) is 19.2. The molecule has 3 saturated heterocycles. The molecule has 35 heavy (non-hydrogen) atoms. The van der Waals surface area contributed by atoms with Gasteiger partial charge in [-0.1, -0.05) is 54.6 Å². The van der Waals surface area contributed by atoms with Crippen molar-refractivity contribution >= 4 is 35.5 Å². The fourth-order valence-electron chi connectivity index (χ4n) is 3.83. The van der Waals surface area contributed by atoms with Gasteiger partial charge < -0.3 is 19.8 Å². The van der Waals surface area contributed by atoms with E-state index in [0.717, 1.165) is 50.4 Å². The predicted octanol–water partition coefficient (Wildman–Crippen LogP) is 3.13. The molecular formula is C27H26N4O4. The molecule has 3 fully saturated rings. The van der Waals surface area contributed by atoms with Crippen LogP contribution in [0.5, 0.6) is 0 Å². The van der Waals surface area contributed by atoms with Gasteiger partial charge in [-0.3, -0.25) is 14.9 Å². The highest BCUT2D eigenvalue weighted by Crippen LogP contribution is 2.33. The molecule has 0 bridgehead atoms. The third kappa shape index (κ3) is 5.60. The Kier molecular flexibility index (Phi) is 6.10. The lowest BCUT2D eigenvalue weighted by atomic mass is 10.0. The molecule has 0 saturated carbocycles. The Morgan fingerprint density at radius 1 is 0.743 bits per heavy atom. The Bertz CT molecular complexity index is 1240. The minimum absolute atomic E-state index is 0.00546. The normalized spacial score (nSPS) is 18.3. The molecule has 8 nitrogen and oxygen atoms in total. The monoisotopic (exact) mass is 470 g/mol. The summed E-state index contributed by atoms with van der Waals surface area (Å²) in [4.78, 5) is 40.9. The number of rotatable bonds is 6. The number of anilines is 1. The number of carbonyl (C=O) groups is 3.